The van der Waals surface area contributed by atoms with Crippen molar-refractivity contribution in [3.63, 3.8) is 0 Å². The van der Waals surface area contributed by atoms with Crippen LogP contribution in [-0.4, -0.2) is 0 Å². The van der Waals surface area contributed by atoms with E-state index in [1.807, 2.05) is 11.3 Å². The summed E-state index contributed by atoms with van der Waals surface area (Å²) in [5.41, 5.74) is 10.5. The Morgan fingerprint density at radius 3 is 1.91 bits per heavy atom. The van der Waals surface area contributed by atoms with E-state index in [0.29, 0.717) is 0 Å². The monoisotopic (exact) mass is 310 g/mol. The molecule has 22 heavy (non-hydrogen) atoms. The van der Waals surface area contributed by atoms with Gasteiger partial charge in [-0.25, -0.2) is 0 Å². The van der Waals surface area contributed by atoms with E-state index in [1.54, 1.807) is 11.1 Å². The first-order chi connectivity index (χ1) is 10.4. The molecular formula is C21H26S. The largest absolute Gasteiger partial charge is 0.135 e. The number of benzene rings is 2. The van der Waals surface area contributed by atoms with Crippen LogP contribution in [0.2, 0.25) is 0 Å². The van der Waals surface area contributed by atoms with Crippen LogP contribution >= 0.6 is 11.3 Å². The molecule has 2 aromatic carbocycles. The number of rotatable bonds is 2. The van der Waals surface area contributed by atoms with Gasteiger partial charge in [0.2, 0.25) is 0 Å². The second kappa shape index (κ2) is 5.38. The van der Waals surface area contributed by atoms with Crippen LogP contribution in [0.5, 0.6) is 0 Å². The minimum atomic E-state index is 1.12. The summed E-state index contributed by atoms with van der Waals surface area (Å²) in [7, 11) is 0. The Hall–Kier alpha value is -1.34. The van der Waals surface area contributed by atoms with Gasteiger partial charge in [-0.05, 0) is 92.5 Å². The second-order valence-corrected chi connectivity index (χ2v) is 7.56. The van der Waals surface area contributed by atoms with Gasteiger partial charge in [-0.2, -0.15) is 0 Å². The number of hydrogen-bond donors (Lipinski definition) is 0. The average molecular weight is 311 g/mol. The Bertz CT molecular complexity index is 894. The van der Waals surface area contributed by atoms with E-state index in [0.717, 1.165) is 12.8 Å². The van der Waals surface area contributed by atoms with Crippen molar-refractivity contribution in [2.45, 2.75) is 61.3 Å². The van der Waals surface area contributed by atoms with Crippen molar-refractivity contribution < 1.29 is 0 Å². The van der Waals surface area contributed by atoms with Gasteiger partial charge in [-0.1, -0.05) is 13.8 Å². The van der Waals surface area contributed by atoms with E-state index in [-0.39, 0.29) is 0 Å². The molecule has 1 heterocycles. The van der Waals surface area contributed by atoms with E-state index in [1.165, 1.54) is 48.0 Å². The lowest BCUT2D eigenvalue weighted by Crippen LogP contribution is -1.98. The molecule has 0 saturated heterocycles. The highest BCUT2D eigenvalue weighted by Crippen LogP contribution is 2.43. The Morgan fingerprint density at radius 2 is 1.32 bits per heavy atom. The molecule has 0 bridgehead atoms. The van der Waals surface area contributed by atoms with E-state index in [4.69, 9.17) is 0 Å². The fraction of sp³-hybridized carbons (Fsp3) is 0.429. The second-order valence-electron chi connectivity index (χ2n) is 6.54. The number of aryl methyl sites for hydroxylation is 4. The summed E-state index contributed by atoms with van der Waals surface area (Å²) in [4.78, 5) is 0. The summed E-state index contributed by atoms with van der Waals surface area (Å²) >= 11 is 2.00. The fourth-order valence-corrected chi connectivity index (χ4v) is 5.28. The van der Waals surface area contributed by atoms with Crippen molar-refractivity contribution >= 4 is 31.5 Å². The van der Waals surface area contributed by atoms with Gasteiger partial charge in [0.15, 0.2) is 0 Å². The minimum absolute atomic E-state index is 1.12. The topological polar surface area (TPSA) is 0 Å². The molecule has 0 unspecified atom stereocenters. The molecule has 116 valence electrons. The summed E-state index contributed by atoms with van der Waals surface area (Å²) in [5, 5.41) is 3.02. The third kappa shape index (κ3) is 1.95. The lowest BCUT2D eigenvalue weighted by Gasteiger charge is -2.15. The third-order valence-electron chi connectivity index (χ3n) is 5.53. The normalized spacial score (nSPS) is 11.8. The summed E-state index contributed by atoms with van der Waals surface area (Å²) in [6.45, 7) is 16.0. The van der Waals surface area contributed by atoms with Crippen LogP contribution in [0.15, 0.2) is 6.07 Å². The van der Waals surface area contributed by atoms with Crippen LogP contribution in [0.4, 0.5) is 0 Å². The zero-order valence-corrected chi connectivity index (χ0v) is 15.7. The molecule has 0 aliphatic carbocycles. The zero-order chi connectivity index (χ0) is 16.2. The Balaban J connectivity index is 2.64. The SMILES string of the molecule is CCc1c(C)c(C)c2sc3c(C)c(C)c(C)cc3c2c1CC. The van der Waals surface area contributed by atoms with Gasteiger partial charge in [0.1, 0.15) is 0 Å². The summed E-state index contributed by atoms with van der Waals surface area (Å²) in [5.74, 6) is 0. The molecule has 0 nitrogen and oxygen atoms in total. The third-order valence-corrected chi connectivity index (χ3v) is 6.97. The average Bonchev–Trinajstić information content (AvgIpc) is 2.88. The minimum Gasteiger partial charge on any atom is -0.135 e. The van der Waals surface area contributed by atoms with Gasteiger partial charge in [0, 0.05) is 20.2 Å². The molecule has 3 aromatic rings. The van der Waals surface area contributed by atoms with E-state index >= 15 is 0 Å². The quantitative estimate of drug-likeness (QED) is 0.493. The molecule has 0 spiro atoms. The first-order valence-corrected chi connectivity index (χ1v) is 9.17. The molecule has 0 aliphatic heterocycles. The van der Waals surface area contributed by atoms with Crippen LogP contribution in [0.1, 0.15) is 52.8 Å². The highest BCUT2D eigenvalue weighted by molar-refractivity contribution is 7.26. The Kier molecular flexibility index (Phi) is 3.81. The van der Waals surface area contributed by atoms with Crippen molar-refractivity contribution in [1.82, 2.24) is 0 Å². The number of hydrogen-bond acceptors (Lipinski definition) is 1. The molecule has 0 N–H and O–H groups in total. The lowest BCUT2D eigenvalue weighted by molar-refractivity contribution is 1.03. The number of fused-ring (bicyclic) bond motifs is 3. The highest BCUT2D eigenvalue weighted by atomic mass is 32.1. The smallest absolute Gasteiger partial charge is 0.0390 e. The predicted molar refractivity (Wildman–Crippen MR) is 102 cm³/mol. The molecule has 0 saturated carbocycles. The van der Waals surface area contributed by atoms with Gasteiger partial charge >= 0.3 is 0 Å². The van der Waals surface area contributed by atoms with Crippen molar-refractivity contribution in [3.8, 4) is 0 Å². The molecular weight excluding hydrogens is 284 g/mol. The zero-order valence-electron chi connectivity index (χ0n) is 14.9. The van der Waals surface area contributed by atoms with E-state index in [2.05, 4.69) is 54.5 Å². The van der Waals surface area contributed by atoms with Crippen LogP contribution in [0, 0.1) is 34.6 Å². The van der Waals surface area contributed by atoms with Crippen LogP contribution < -0.4 is 0 Å². The van der Waals surface area contributed by atoms with Crippen molar-refractivity contribution in [2.24, 2.45) is 0 Å². The predicted octanol–water partition coefficient (Wildman–Crippen LogP) is 6.72. The molecule has 1 aromatic heterocycles. The maximum absolute atomic E-state index is 2.42. The van der Waals surface area contributed by atoms with Gasteiger partial charge in [-0.15, -0.1) is 11.3 Å². The molecule has 3 rings (SSSR count). The first kappa shape index (κ1) is 15.6. The standard InChI is InChI=1S/C21H26S/c1-8-16-13(5)15(7)21-19(17(16)9-2)18-10-11(3)12(4)14(6)20(18)22-21/h10H,8-9H2,1-7H3. The molecule has 0 fully saturated rings. The summed E-state index contributed by atoms with van der Waals surface area (Å²) < 4.78 is 3.00. The number of thiophene rings is 1. The molecule has 1 heteroatoms. The van der Waals surface area contributed by atoms with Gasteiger partial charge in [0.25, 0.3) is 0 Å². The fourth-order valence-electron chi connectivity index (χ4n) is 3.86. The maximum Gasteiger partial charge on any atom is 0.0390 e. The van der Waals surface area contributed by atoms with Gasteiger partial charge < -0.3 is 0 Å². The maximum atomic E-state index is 2.42. The Morgan fingerprint density at radius 1 is 0.727 bits per heavy atom. The van der Waals surface area contributed by atoms with Crippen LogP contribution in [0.3, 0.4) is 0 Å². The molecule has 0 atom stereocenters. The van der Waals surface area contributed by atoms with Crippen molar-refractivity contribution in [3.05, 3.63) is 45.0 Å². The summed E-state index contributed by atoms with van der Waals surface area (Å²) in [6.07, 6.45) is 2.26. The first-order valence-electron chi connectivity index (χ1n) is 8.36. The van der Waals surface area contributed by atoms with Crippen molar-refractivity contribution in [1.29, 1.82) is 0 Å². The Labute approximate surface area is 138 Å². The molecule has 0 aliphatic rings. The summed E-state index contributed by atoms with van der Waals surface area (Å²) in [6, 6.07) is 2.42. The molecule has 0 amide bonds. The lowest BCUT2D eigenvalue weighted by atomic mass is 9.89. The van der Waals surface area contributed by atoms with E-state index < -0.39 is 0 Å². The molecule has 0 radical (unpaired) electrons. The van der Waals surface area contributed by atoms with E-state index in [9.17, 15) is 0 Å². The highest BCUT2D eigenvalue weighted by Gasteiger charge is 2.19. The van der Waals surface area contributed by atoms with Gasteiger partial charge in [-0.3, -0.25) is 0 Å². The van der Waals surface area contributed by atoms with Crippen LogP contribution in [-0.2, 0) is 12.8 Å². The van der Waals surface area contributed by atoms with Crippen LogP contribution in [0.25, 0.3) is 20.2 Å². The van der Waals surface area contributed by atoms with Crippen molar-refractivity contribution in [2.75, 3.05) is 0 Å². The van der Waals surface area contributed by atoms with Gasteiger partial charge in [0.05, 0.1) is 0 Å².